The minimum absolute atomic E-state index is 0.124. The van der Waals surface area contributed by atoms with Crippen LogP contribution in [0.1, 0.15) is 67.4 Å². The summed E-state index contributed by atoms with van der Waals surface area (Å²) in [6.07, 6.45) is 0.533. The summed E-state index contributed by atoms with van der Waals surface area (Å²) in [5.41, 5.74) is 1.47. The smallest absolute Gasteiger partial charge is 0.410 e. The highest BCUT2D eigenvalue weighted by Gasteiger charge is 2.36. The van der Waals surface area contributed by atoms with Crippen LogP contribution in [0.5, 0.6) is 0 Å². The van der Waals surface area contributed by atoms with Crippen LogP contribution in [0, 0.1) is 17.2 Å². The summed E-state index contributed by atoms with van der Waals surface area (Å²) in [4.78, 5) is 60.1. The molecule has 53 heavy (non-hydrogen) atoms. The standard InChI is InChI=1S/C39H43N5O8S/c1-39(2,3)52-38(48)44-21-19-27(20-22-44)35(46)42-32(25-53(49,50)24-29-14-8-7-13-28(29)23-40)36(47)41-31(18-17-26-11-5-4-6-12-26)34(45)37-43-30-15-9-10-16-33(30)51-37/h4-16,27,31-32H,17-22,24-25H2,1-3H3,(H,41,47)(H,42,46)/t31-,32?/m0/s1. The molecule has 1 aliphatic heterocycles. The van der Waals surface area contributed by atoms with E-state index in [1.807, 2.05) is 36.4 Å². The average Bonchev–Trinajstić information content (AvgIpc) is 3.57. The third-order valence-corrected chi connectivity index (χ3v) is 10.4. The first-order valence-electron chi connectivity index (χ1n) is 17.4. The van der Waals surface area contributed by atoms with E-state index >= 15 is 0 Å². The van der Waals surface area contributed by atoms with E-state index in [0.717, 1.165) is 5.56 Å². The van der Waals surface area contributed by atoms with Crippen molar-refractivity contribution in [2.75, 3.05) is 18.8 Å². The zero-order valence-corrected chi connectivity index (χ0v) is 30.7. The Hall–Kier alpha value is -5.55. The van der Waals surface area contributed by atoms with Crippen molar-refractivity contribution in [1.82, 2.24) is 20.5 Å². The van der Waals surface area contributed by atoms with Gasteiger partial charge in [0.05, 0.1) is 29.2 Å². The Labute approximate surface area is 308 Å². The number of sulfone groups is 1. The van der Waals surface area contributed by atoms with Gasteiger partial charge in [0.25, 0.3) is 5.89 Å². The van der Waals surface area contributed by atoms with Crippen molar-refractivity contribution >= 4 is 44.6 Å². The third kappa shape index (κ3) is 10.7. The summed E-state index contributed by atoms with van der Waals surface area (Å²) in [5.74, 6) is -4.26. The van der Waals surface area contributed by atoms with E-state index in [-0.39, 0.29) is 49.4 Å². The molecule has 1 unspecified atom stereocenters. The number of nitrogens with one attached hydrogen (secondary N) is 2. The van der Waals surface area contributed by atoms with Gasteiger partial charge in [0.15, 0.2) is 15.4 Å². The number of Topliss-reactive ketones (excluding diaryl/α,β-unsaturated/α-hetero) is 1. The normalized spacial score (nSPS) is 14.9. The minimum Gasteiger partial charge on any atom is -0.444 e. The number of aromatic nitrogens is 1. The number of carbonyl (C=O) groups excluding carboxylic acids is 4. The number of oxazole rings is 1. The number of carbonyl (C=O) groups is 4. The number of rotatable bonds is 13. The molecule has 14 heteroatoms. The van der Waals surface area contributed by atoms with Crippen molar-refractivity contribution in [2.24, 2.45) is 5.92 Å². The number of likely N-dealkylation sites (tertiary alicyclic amines) is 1. The van der Waals surface area contributed by atoms with Crippen LogP contribution in [0.15, 0.2) is 83.3 Å². The maximum absolute atomic E-state index is 14.1. The van der Waals surface area contributed by atoms with Gasteiger partial charge >= 0.3 is 6.09 Å². The molecule has 4 aromatic rings. The number of hydrogen-bond acceptors (Lipinski definition) is 10. The fourth-order valence-corrected chi connectivity index (χ4v) is 7.64. The second-order valence-electron chi connectivity index (χ2n) is 14.1. The SMILES string of the molecule is CC(C)(C)OC(=O)N1CCC(C(=O)NC(CS(=O)(=O)Cc2ccccc2C#N)C(=O)N[C@@H](CCc2ccccc2)C(=O)c2nc3ccccc3o2)CC1. The lowest BCUT2D eigenvalue weighted by Crippen LogP contribution is -2.56. The molecule has 5 rings (SSSR count). The zero-order chi connectivity index (χ0) is 38.2. The number of ether oxygens (including phenoxy) is 1. The molecule has 1 aromatic heterocycles. The fraction of sp³-hybridized carbons (Fsp3) is 0.385. The van der Waals surface area contributed by atoms with Gasteiger partial charge in [0.1, 0.15) is 17.2 Å². The number of nitriles is 1. The molecule has 13 nitrogen and oxygen atoms in total. The minimum atomic E-state index is -4.12. The zero-order valence-electron chi connectivity index (χ0n) is 29.9. The number of ketones is 1. The Morgan fingerprint density at radius 3 is 2.28 bits per heavy atom. The van der Waals surface area contributed by atoms with Crippen LogP contribution in [0.4, 0.5) is 4.79 Å². The second kappa shape index (κ2) is 16.9. The molecular weight excluding hydrogens is 699 g/mol. The Balaban J connectivity index is 1.37. The first kappa shape index (κ1) is 38.7. The molecule has 0 radical (unpaired) electrons. The van der Waals surface area contributed by atoms with Crippen LogP contribution in [0.3, 0.4) is 0 Å². The molecule has 2 heterocycles. The van der Waals surface area contributed by atoms with E-state index in [2.05, 4.69) is 15.6 Å². The van der Waals surface area contributed by atoms with Crippen LogP contribution in [-0.4, -0.2) is 78.5 Å². The van der Waals surface area contributed by atoms with E-state index in [9.17, 15) is 32.9 Å². The molecule has 3 amide bonds. The van der Waals surface area contributed by atoms with Crippen molar-refractivity contribution in [1.29, 1.82) is 5.26 Å². The summed E-state index contributed by atoms with van der Waals surface area (Å²) >= 11 is 0. The van der Waals surface area contributed by atoms with Crippen molar-refractivity contribution in [2.45, 2.75) is 69.9 Å². The Bertz CT molecular complexity index is 2060. The topological polar surface area (TPSA) is 189 Å². The third-order valence-electron chi connectivity index (χ3n) is 8.79. The molecule has 0 aliphatic carbocycles. The van der Waals surface area contributed by atoms with Gasteiger partial charge in [-0.15, -0.1) is 0 Å². The van der Waals surface area contributed by atoms with Gasteiger partial charge in [-0.3, -0.25) is 14.4 Å². The van der Waals surface area contributed by atoms with Crippen LogP contribution in [-0.2, 0) is 36.3 Å². The molecular formula is C39H43N5O8S. The van der Waals surface area contributed by atoms with Crippen molar-refractivity contribution in [3.05, 3.63) is 101 Å². The maximum atomic E-state index is 14.1. The van der Waals surface area contributed by atoms with Gasteiger partial charge in [-0.1, -0.05) is 60.7 Å². The summed E-state index contributed by atoms with van der Waals surface area (Å²) in [7, 11) is -4.12. The summed E-state index contributed by atoms with van der Waals surface area (Å²) in [5, 5.41) is 14.9. The van der Waals surface area contributed by atoms with Gasteiger partial charge in [0.2, 0.25) is 17.6 Å². The van der Waals surface area contributed by atoms with Gasteiger partial charge < -0.3 is 24.7 Å². The molecule has 0 saturated carbocycles. The van der Waals surface area contributed by atoms with E-state index in [1.165, 1.54) is 17.0 Å². The number of para-hydroxylation sites is 2. The Kier molecular flexibility index (Phi) is 12.3. The molecule has 0 spiro atoms. The first-order chi connectivity index (χ1) is 25.2. The lowest BCUT2D eigenvalue weighted by Gasteiger charge is -2.33. The second-order valence-corrected chi connectivity index (χ2v) is 16.2. The van der Waals surface area contributed by atoms with Gasteiger partial charge in [-0.2, -0.15) is 5.26 Å². The van der Waals surface area contributed by atoms with E-state index in [4.69, 9.17) is 9.15 Å². The highest BCUT2D eigenvalue weighted by atomic mass is 32.2. The van der Waals surface area contributed by atoms with E-state index in [1.54, 1.807) is 57.2 Å². The van der Waals surface area contributed by atoms with Crippen LogP contribution < -0.4 is 10.6 Å². The fourth-order valence-electron chi connectivity index (χ4n) is 6.05. The largest absolute Gasteiger partial charge is 0.444 e. The number of amides is 3. The molecule has 1 fully saturated rings. The van der Waals surface area contributed by atoms with E-state index < -0.39 is 68.6 Å². The summed E-state index contributed by atoms with van der Waals surface area (Å²) < 4.78 is 38.4. The van der Waals surface area contributed by atoms with Gasteiger partial charge in [0, 0.05) is 19.0 Å². The molecule has 0 bridgehead atoms. The van der Waals surface area contributed by atoms with Crippen LogP contribution >= 0.6 is 0 Å². The van der Waals surface area contributed by atoms with Gasteiger partial charge in [-0.05, 0) is 75.8 Å². The maximum Gasteiger partial charge on any atom is 0.410 e. The molecule has 2 atom stereocenters. The molecule has 1 saturated heterocycles. The predicted octanol–water partition coefficient (Wildman–Crippen LogP) is 4.75. The number of nitrogens with zero attached hydrogens (tertiary/aromatic N) is 3. The highest BCUT2D eigenvalue weighted by molar-refractivity contribution is 7.90. The summed E-state index contributed by atoms with van der Waals surface area (Å²) in [6.45, 7) is 5.74. The van der Waals surface area contributed by atoms with Crippen LogP contribution in [0.2, 0.25) is 0 Å². The van der Waals surface area contributed by atoms with Gasteiger partial charge in [-0.25, -0.2) is 18.2 Å². The lowest BCUT2D eigenvalue weighted by atomic mass is 9.95. The number of aryl methyl sites for hydroxylation is 1. The highest BCUT2D eigenvalue weighted by Crippen LogP contribution is 2.22. The number of hydrogen-bond donors (Lipinski definition) is 2. The Morgan fingerprint density at radius 2 is 1.60 bits per heavy atom. The lowest BCUT2D eigenvalue weighted by molar-refractivity contribution is -0.131. The Morgan fingerprint density at radius 1 is 0.943 bits per heavy atom. The predicted molar refractivity (Wildman–Crippen MR) is 196 cm³/mol. The van der Waals surface area contributed by atoms with E-state index in [0.29, 0.717) is 17.5 Å². The molecule has 1 aliphatic rings. The molecule has 3 aromatic carbocycles. The molecule has 278 valence electrons. The van der Waals surface area contributed by atoms with Crippen molar-refractivity contribution < 1.29 is 36.7 Å². The van der Waals surface area contributed by atoms with Crippen molar-refractivity contribution in [3.63, 3.8) is 0 Å². The monoisotopic (exact) mass is 741 g/mol. The van der Waals surface area contributed by atoms with Crippen LogP contribution in [0.25, 0.3) is 11.1 Å². The number of fused-ring (bicyclic) bond motifs is 1. The number of piperidine rings is 1. The summed E-state index contributed by atoms with van der Waals surface area (Å²) in [6, 6.07) is 21.6. The average molecular weight is 742 g/mol. The number of benzene rings is 3. The molecule has 2 N–H and O–H groups in total. The van der Waals surface area contributed by atoms with Crippen molar-refractivity contribution in [3.8, 4) is 6.07 Å². The first-order valence-corrected chi connectivity index (χ1v) is 19.2. The quantitative estimate of drug-likeness (QED) is 0.181.